The Balaban J connectivity index is 1.48. The topological polar surface area (TPSA) is 75.9 Å². The number of amides is 1. The van der Waals surface area contributed by atoms with Crippen molar-refractivity contribution in [2.45, 2.75) is 38.9 Å². The number of hydrogen-bond acceptors (Lipinski definition) is 5. The van der Waals surface area contributed by atoms with Gasteiger partial charge in [0.2, 0.25) is 0 Å². The van der Waals surface area contributed by atoms with Gasteiger partial charge < -0.3 is 5.32 Å². The van der Waals surface area contributed by atoms with Crippen LogP contribution in [0, 0.1) is 0 Å². The van der Waals surface area contributed by atoms with Crippen LogP contribution >= 0.6 is 0 Å². The normalized spacial score (nSPS) is 16.4. The number of aromatic nitrogens is 4. The van der Waals surface area contributed by atoms with Crippen LogP contribution in [-0.4, -0.2) is 49.9 Å². The number of hydrogen-bond donors (Lipinski definition) is 1. The minimum absolute atomic E-state index is 0.0792. The van der Waals surface area contributed by atoms with Crippen molar-refractivity contribution in [2.24, 2.45) is 0 Å². The molecule has 0 aliphatic carbocycles. The second kappa shape index (κ2) is 7.32. The zero-order valence-electron chi connectivity index (χ0n) is 13.4. The number of rotatable bonds is 5. The Labute approximate surface area is 135 Å². The van der Waals surface area contributed by atoms with Gasteiger partial charge in [-0.15, -0.1) is 5.10 Å². The van der Waals surface area contributed by atoms with E-state index in [1.165, 1.54) is 11.8 Å². The van der Waals surface area contributed by atoms with Crippen LogP contribution < -0.4 is 5.32 Å². The summed E-state index contributed by atoms with van der Waals surface area (Å²) in [5.41, 5.74) is 1.81. The lowest BCUT2D eigenvalue weighted by Gasteiger charge is -2.32. The molecule has 23 heavy (non-hydrogen) atoms. The molecule has 0 aromatic carbocycles. The first-order valence-electron chi connectivity index (χ1n) is 8.07. The number of nitrogens with one attached hydrogen (secondary N) is 1. The van der Waals surface area contributed by atoms with Gasteiger partial charge in [0.15, 0.2) is 0 Å². The van der Waals surface area contributed by atoms with Gasteiger partial charge in [-0.1, -0.05) is 5.21 Å². The first-order chi connectivity index (χ1) is 11.3. The van der Waals surface area contributed by atoms with Crippen LogP contribution in [0.5, 0.6) is 0 Å². The summed E-state index contributed by atoms with van der Waals surface area (Å²) in [6.07, 6.45) is 7.10. The van der Waals surface area contributed by atoms with E-state index in [1.54, 1.807) is 4.68 Å². The second-order valence-corrected chi connectivity index (χ2v) is 5.81. The third-order valence-electron chi connectivity index (χ3n) is 4.23. The summed E-state index contributed by atoms with van der Waals surface area (Å²) in [6, 6.07) is 4.32. The highest BCUT2D eigenvalue weighted by Crippen LogP contribution is 2.14. The number of pyridine rings is 1. The summed E-state index contributed by atoms with van der Waals surface area (Å²) in [7, 11) is 0. The molecule has 1 fully saturated rings. The summed E-state index contributed by atoms with van der Waals surface area (Å²) < 4.78 is 1.62. The van der Waals surface area contributed by atoms with Crippen molar-refractivity contribution in [2.75, 3.05) is 13.1 Å². The van der Waals surface area contributed by atoms with Crippen LogP contribution in [0.3, 0.4) is 0 Å². The zero-order valence-corrected chi connectivity index (χ0v) is 13.4. The van der Waals surface area contributed by atoms with E-state index in [1.807, 2.05) is 31.5 Å². The fourth-order valence-electron chi connectivity index (χ4n) is 2.91. The Morgan fingerprint density at radius 1 is 1.30 bits per heavy atom. The molecular formula is C16H22N6O. The standard InChI is InChI=1S/C16H22N6O/c1-2-22-15(11-18-20-22)16(23)19-14-5-9-21(10-6-14)12-13-3-7-17-8-4-13/h3-4,7-8,11,14H,2,5-6,9-10,12H2,1H3,(H,19,23). The van der Waals surface area contributed by atoms with Gasteiger partial charge >= 0.3 is 0 Å². The van der Waals surface area contributed by atoms with Gasteiger partial charge in [-0.3, -0.25) is 14.7 Å². The molecule has 1 saturated heterocycles. The van der Waals surface area contributed by atoms with Crippen LogP contribution in [0.2, 0.25) is 0 Å². The van der Waals surface area contributed by atoms with Crippen LogP contribution in [-0.2, 0) is 13.1 Å². The monoisotopic (exact) mass is 314 g/mol. The van der Waals surface area contributed by atoms with Crippen LogP contribution in [0.25, 0.3) is 0 Å². The van der Waals surface area contributed by atoms with Gasteiger partial charge in [0.05, 0.1) is 6.20 Å². The van der Waals surface area contributed by atoms with Gasteiger partial charge in [0.25, 0.3) is 5.91 Å². The van der Waals surface area contributed by atoms with Crippen molar-refractivity contribution in [1.82, 2.24) is 30.2 Å². The molecule has 1 aliphatic rings. The molecule has 122 valence electrons. The van der Waals surface area contributed by atoms with Crippen LogP contribution in [0.1, 0.15) is 35.8 Å². The van der Waals surface area contributed by atoms with Gasteiger partial charge in [-0.2, -0.15) is 0 Å². The quantitative estimate of drug-likeness (QED) is 0.894. The van der Waals surface area contributed by atoms with Gasteiger partial charge in [0, 0.05) is 44.6 Å². The van der Waals surface area contributed by atoms with Crippen molar-refractivity contribution in [1.29, 1.82) is 0 Å². The first-order valence-corrected chi connectivity index (χ1v) is 8.07. The fraction of sp³-hybridized carbons (Fsp3) is 0.500. The molecule has 0 radical (unpaired) electrons. The molecule has 0 saturated carbocycles. The van der Waals surface area contributed by atoms with Crippen LogP contribution in [0.15, 0.2) is 30.7 Å². The molecule has 1 N–H and O–H groups in total. The minimum atomic E-state index is -0.0792. The van der Waals surface area contributed by atoms with E-state index in [0.29, 0.717) is 12.2 Å². The van der Waals surface area contributed by atoms with E-state index in [9.17, 15) is 4.79 Å². The third kappa shape index (κ3) is 3.92. The molecule has 1 aliphatic heterocycles. The molecule has 0 atom stereocenters. The average molecular weight is 314 g/mol. The Morgan fingerprint density at radius 2 is 2.04 bits per heavy atom. The van der Waals surface area contributed by atoms with Gasteiger partial charge in [-0.25, -0.2) is 4.68 Å². The summed E-state index contributed by atoms with van der Waals surface area (Å²) in [5, 5.41) is 10.8. The van der Waals surface area contributed by atoms with Crippen LogP contribution in [0.4, 0.5) is 0 Å². The summed E-state index contributed by atoms with van der Waals surface area (Å²) in [4.78, 5) is 18.7. The summed E-state index contributed by atoms with van der Waals surface area (Å²) in [5.74, 6) is -0.0792. The van der Waals surface area contributed by atoms with Gasteiger partial charge in [-0.05, 0) is 37.5 Å². The lowest BCUT2D eigenvalue weighted by atomic mass is 10.0. The number of carbonyl (C=O) groups is 1. The maximum atomic E-state index is 12.3. The van der Waals surface area contributed by atoms with Crippen molar-refractivity contribution in [3.8, 4) is 0 Å². The molecule has 1 amide bonds. The molecular weight excluding hydrogens is 292 g/mol. The highest BCUT2D eigenvalue weighted by atomic mass is 16.2. The maximum absolute atomic E-state index is 12.3. The van der Waals surface area contributed by atoms with E-state index in [0.717, 1.165) is 32.5 Å². The lowest BCUT2D eigenvalue weighted by molar-refractivity contribution is 0.0898. The van der Waals surface area contributed by atoms with Crippen molar-refractivity contribution < 1.29 is 4.79 Å². The smallest absolute Gasteiger partial charge is 0.271 e. The minimum Gasteiger partial charge on any atom is -0.348 e. The average Bonchev–Trinajstić information content (AvgIpc) is 3.06. The first kappa shape index (κ1) is 15.6. The Kier molecular flexibility index (Phi) is 4.97. The van der Waals surface area contributed by atoms with E-state index in [4.69, 9.17) is 0 Å². The summed E-state index contributed by atoms with van der Waals surface area (Å²) in [6.45, 7) is 5.50. The fourth-order valence-corrected chi connectivity index (χ4v) is 2.91. The Bertz CT molecular complexity index is 633. The molecule has 7 nitrogen and oxygen atoms in total. The molecule has 3 rings (SSSR count). The molecule has 0 spiro atoms. The zero-order chi connectivity index (χ0) is 16.1. The molecule has 2 aromatic heterocycles. The molecule has 3 heterocycles. The van der Waals surface area contributed by atoms with Gasteiger partial charge in [0.1, 0.15) is 5.69 Å². The number of piperidine rings is 1. The Morgan fingerprint density at radius 3 is 2.74 bits per heavy atom. The number of aryl methyl sites for hydroxylation is 1. The highest BCUT2D eigenvalue weighted by molar-refractivity contribution is 5.92. The van der Waals surface area contributed by atoms with Crippen molar-refractivity contribution >= 4 is 5.91 Å². The Hall–Kier alpha value is -2.28. The number of nitrogens with zero attached hydrogens (tertiary/aromatic N) is 5. The van der Waals surface area contributed by atoms with E-state index >= 15 is 0 Å². The molecule has 7 heteroatoms. The highest BCUT2D eigenvalue weighted by Gasteiger charge is 2.22. The predicted molar refractivity (Wildman–Crippen MR) is 85.7 cm³/mol. The van der Waals surface area contributed by atoms with Crippen molar-refractivity contribution in [3.63, 3.8) is 0 Å². The van der Waals surface area contributed by atoms with E-state index in [2.05, 4.69) is 25.5 Å². The maximum Gasteiger partial charge on any atom is 0.271 e. The van der Waals surface area contributed by atoms with E-state index < -0.39 is 0 Å². The predicted octanol–water partition coefficient (Wildman–Crippen LogP) is 1.09. The third-order valence-corrected chi connectivity index (χ3v) is 4.23. The molecule has 2 aromatic rings. The summed E-state index contributed by atoms with van der Waals surface area (Å²) >= 11 is 0. The largest absolute Gasteiger partial charge is 0.348 e. The SMILES string of the molecule is CCn1nncc1C(=O)NC1CCN(Cc2ccncc2)CC1. The molecule has 0 unspecified atom stereocenters. The number of carbonyl (C=O) groups excluding carboxylic acids is 1. The number of likely N-dealkylation sites (tertiary alicyclic amines) is 1. The van der Waals surface area contributed by atoms with Crippen molar-refractivity contribution in [3.05, 3.63) is 42.0 Å². The molecule has 0 bridgehead atoms. The van der Waals surface area contributed by atoms with E-state index in [-0.39, 0.29) is 11.9 Å². The lowest BCUT2D eigenvalue weighted by Crippen LogP contribution is -2.44. The second-order valence-electron chi connectivity index (χ2n) is 5.81.